The van der Waals surface area contributed by atoms with Crippen LogP contribution in [0.5, 0.6) is 5.88 Å². The molecule has 3 aromatic carbocycles. The van der Waals surface area contributed by atoms with E-state index in [4.69, 9.17) is 9.72 Å². The lowest BCUT2D eigenvalue weighted by atomic mass is 9.86. The molecule has 4 N–H and O–H groups in total. The van der Waals surface area contributed by atoms with E-state index >= 15 is 0 Å². The second kappa shape index (κ2) is 22.2. The van der Waals surface area contributed by atoms with Gasteiger partial charge in [-0.05, 0) is 130 Å². The number of imide groups is 1. The third-order valence-electron chi connectivity index (χ3n) is 14.0. The summed E-state index contributed by atoms with van der Waals surface area (Å²) >= 11 is 0. The molecule has 0 spiro atoms. The maximum atomic E-state index is 11.7. The van der Waals surface area contributed by atoms with Crippen molar-refractivity contribution in [3.8, 4) is 17.0 Å². The molecule has 3 fully saturated rings. The average molecular weight is 918 g/mol. The third-order valence-corrected chi connectivity index (χ3v) is 14.0. The molecular weight excluding hydrogens is 855 g/mol. The summed E-state index contributed by atoms with van der Waals surface area (Å²) < 4.78 is 5.72. The van der Waals surface area contributed by atoms with Crippen molar-refractivity contribution in [1.82, 2.24) is 30.5 Å². The largest absolute Gasteiger partial charge is 0.474 e. The topological polar surface area (TPSA) is 171 Å². The number of piperidine rings is 3. The fourth-order valence-electron chi connectivity index (χ4n) is 9.95. The van der Waals surface area contributed by atoms with E-state index in [1.165, 1.54) is 24.1 Å². The van der Waals surface area contributed by atoms with E-state index in [1.54, 1.807) is 13.1 Å². The van der Waals surface area contributed by atoms with Gasteiger partial charge in [-0.25, -0.2) is 15.0 Å². The summed E-state index contributed by atoms with van der Waals surface area (Å²) in [6.07, 6.45) is 14.8. The number of allylic oxidation sites excluding steroid dienone is 2. The molecule has 14 heteroatoms. The quantitative estimate of drug-likeness (QED) is 0.0506. The number of likely N-dealkylation sites (tertiary alicyclic amines) is 1. The van der Waals surface area contributed by atoms with Crippen molar-refractivity contribution in [2.45, 2.75) is 83.1 Å². The lowest BCUT2D eigenvalue weighted by molar-refractivity contribution is -0.135. The summed E-state index contributed by atoms with van der Waals surface area (Å²) in [5.74, 6) is 0.925. The van der Waals surface area contributed by atoms with E-state index in [9.17, 15) is 19.2 Å². The number of aldehydes is 1. The van der Waals surface area contributed by atoms with Crippen LogP contribution in [0.1, 0.15) is 86.8 Å². The maximum absolute atomic E-state index is 11.7. The molecule has 0 aliphatic carbocycles. The predicted molar refractivity (Wildman–Crippen MR) is 268 cm³/mol. The van der Waals surface area contributed by atoms with Crippen LogP contribution < -0.4 is 30.9 Å². The van der Waals surface area contributed by atoms with E-state index < -0.39 is 0 Å². The molecule has 68 heavy (non-hydrogen) atoms. The third kappa shape index (κ3) is 11.2. The maximum Gasteiger partial charge on any atom is 0.237 e. The van der Waals surface area contributed by atoms with Gasteiger partial charge in [0, 0.05) is 86.2 Å². The normalized spacial score (nSPS) is 18.5. The van der Waals surface area contributed by atoms with Crippen molar-refractivity contribution in [3.05, 3.63) is 120 Å². The van der Waals surface area contributed by atoms with Crippen LogP contribution in [-0.4, -0.2) is 96.3 Å². The number of carbonyl (C=O) groups excluding carboxylic acids is 4. The number of nitrogens with zero attached hydrogens (tertiary/aromatic N) is 5. The Morgan fingerprint density at radius 3 is 2.41 bits per heavy atom. The van der Waals surface area contributed by atoms with E-state index in [2.05, 4.69) is 121 Å². The molecule has 0 bridgehead atoms. The first kappa shape index (κ1) is 47.6. The van der Waals surface area contributed by atoms with Gasteiger partial charge in [0.2, 0.25) is 29.5 Å². The molecule has 354 valence electrons. The number of carbonyl (C=O) groups is 4. The number of aromatic nitrogens is 3. The van der Waals surface area contributed by atoms with Crippen LogP contribution in [0.3, 0.4) is 0 Å². The average Bonchev–Trinajstić information content (AvgIpc) is 3.38. The van der Waals surface area contributed by atoms with Crippen molar-refractivity contribution < 1.29 is 23.9 Å². The Morgan fingerprint density at radius 2 is 1.72 bits per heavy atom. The minimum atomic E-state index is -0.239. The van der Waals surface area contributed by atoms with Crippen molar-refractivity contribution >= 4 is 57.9 Å². The Morgan fingerprint density at radius 1 is 0.956 bits per heavy atom. The molecule has 5 aromatic rings. The summed E-state index contributed by atoms with van der Waals surface area (Å²) in [6, 6.07) is 24.1. The minimum Gasteiger partial charge on any atom is -0.474 e. The summed E-state index contributed by atoms with van der Waals surface area (Å²) in [5, 5.41) is 12.8. The zero-order chi connectivity index (χ0) is 47.6. The van der Waals surface area contributed by atoms with Crippen LogP contribution in [0.15, 0.2) is 103 Å². The van der Waals surface area contributed by atoms with Gasteiger partial charge >= 0.3 is 0 Å². The van der Waals surface area contributed by atoms with Crippen molar-refractivity contribution in [2.75, 3.05) is 61.9 Å². The molecule has 3 amide bonds. The Bertz CT molecular complexity index is 2630. The molecule has 0 radical (unpaired) electrons. The number of nitrogens with one attached hydrogen (secondary N) is 4. The molecule has 2 aromatic heterocycles. The fraction of sp³-hybridized carbons (Fsp3) is 0.389. The molecular formula is C54H63N9O5. The van der Waals surface area contributed by atoms with Crippen LogP contribution in [0, 0.1) is 12.8 Å². The van der Waals surface area contributed by atoms with Crippen LogP contribution in [0.25, 0.3) is 22.0 Å². The summed E-state index contributed by atoms with van der Waals surface area (Å²) in [7, 11) is 1.63. The van der Waals surface area contributed by atoms with Crippen molar-refractivity contribution in [1.29, 1.82) is 0 Å². The van der Waals surface area contributed by atoms with Crippen molar-refractivity contribution in [3.63, 3.8) is 0 Å². The van der Waals surface area contributed by atoms with E-state index in [0.29, 0.717) is 56.1 Å². The van der Waals surface area contributed by atoms with Gasteiger partial charge in [0.25, 0.3) is 0 Å². The first-order chi connectivity index (χ1) is 33.1. The van der Waals surface area contributed by atoms with Gasteiger partial charge in [0.05, 0.1) is 11.4 Å². The van der Waals surface area contributed by atoms with Gasteiger partial charge in [-0.3, -0.25) is 19.7 Å². The minimum absolute atomic E-state index is 0.0307. The second-order valence-electron chi connectivity index (χ2n) is 18.0. The zero-order valence-electron chi connectivity index (χ0n) is 39.4. The summed E-state index contributed by atoms with van der Waals surface area (Å²) in [5.41, 5.74) is 10.5. The van der Waals surface area contributed by atoms with E-state index in [0.717, 1.165) is 102 Å². The van der Waals surface area contributed by atoms with Gasteiger partial charge in [-0.2, -0.15) is 0 Å². The molecule has 9 rings (SSSR count). The molecule has 4 aliphatic rings. The van der Waals surface area contributed by atoms with E-state index in [1.807, 2.05) is 25.4 Å². The Kier molecular flexibility index (Phi) is 15.6. The highest BCUT2D eigenvalue weighted by atomic mass is 16.5. The number of anilines is 4. The molecule has 2 unspecified atom stereocenters. The van der Waals surface area contributed by atoms with Crippen LogP contribution >= 0.6 is 0 Å². The Balaban J connectivity index is 0.000000417. The smallest absolute Gasteiger partial charge is 0.237 e. The first-order valence-corrected chi connectivity index (χ1v) is 24.0. The lowest BCUT2D eigenvalue weighted by Gasteiger charge is -2.42. The molecule has 4 aliphatic heterocycles. The monoisotopic (exact) mass is 917 g/mol. The molecule has 14 nitrogen and oxygen atoms in total. The van der Waals surface area contributed by atoms with Gasteiger partial charge < -0.3 is 35.3 Å². The number of benzene rings is 3. The highest BCUT2D eigenvalue weighted by molar-refractivity contribution is 6.00. The number of ether oxygens (including phenoxy) is 1. The van der Waals surface area contributed by atoms with Crippen LogP contribution in [0.2, 0.25) is 0 Å². The number of fused-ring (bicyclic) bond motifs is 2. The number of pyridine rings is 1. The van der Waals surface area contributed by atoms with Gasteiger partial charge in [0.15, 0.2) is 0 Å². The molecule has 3 saturated heterocycles. The van der Waals surface area contributed by atoms with Crippen molar-refractivity contribution in [2.24, 2.45) is 5.92 Å². The summed E-state index contributed by atoms with van der Waals surface area (Å²) in [4.78, 5) is 64.8. The highest BCUT2D eigenvalue weighted by Gasteiger charge is 2.30. The second-order valence-corrected chi connectivity index (χ2v) is 18.0. The summed E-state index contributed by atoms with van der Waals surface area (Å²) in [6.45, 7) is 13.3. The SMILES string of the molecule is C=C/C(=C\C)C1CCC(=O)NC1=O.CNC(=O)CCC(C=O)c1ccc(C2CCN(C3CCN(c4ccc(Nc5ncc6ccc(-c7cnc8c(c7C)NCCO8)cc6n5)cc4)CC3)CC2)cc1. The standard InChI is InChI=1S/C44H50N8O3.C10H13NO2/c1-29-39(27-47-43-42(29)46-19-24-55-43)33-7-8-34-26-48-44(50-40(34)25-33)49-36-10-12-37(13-11-36)52-22-17-38(18-23-52)51-20-15-32(16-21-51)30-3-5-31(6-4-30)35(28-53)9-14-41(54)45-2;1-3-7(4-2)8-5-6-9(12)11-10(8)13/h3-8,10-13,25-28,32,35,38,46H,9,14-24H2,1-2H3,(H,45,54)(H,48,49,50);3-4,8H,1,5-6H2,2H3,(H,11,12,13)/b;7-4+. The Hall–Kier alpha value is -6.93. The predicted octanol–water partition coefficient (Wildman–Crippen LogP) is 8.38. The molecule has 0 saturated carbocycles. The molecule has 6 heterocycles. The number of hydrogen-bond acceptors (Lipinski definition) is 12. The van der Waals surface area contributed by atoms with E-state index in [-0.39, 0.29) is 29.6 Å². The Labute approximate surface area is 399 Å². The number of rotatable bonds is 13. The lowest BCUT2D eigenvalue weighted by Crippen LogP contribution is -2.47. The number of hydrogen-bond donors (Lipinski definition) is 4. The van der Waals surface area contributed by atoms with Crippen LogP contribution in [-0.2, 0) is 19.2 Å². The van der Waals surface area contributed by atoms with Gasteiger partial charge in [-0.1, -0.05) is 55.1 Å². The molecule has 2 atom stereocenters. The zero-order valence-corrected chi connectivity index (χ0v) is 39.4. The van der Waals surface area contributed by atoms with Gasteiger partial charge in [-0.15, -0.1) is 0 Å². The van der Waals surface area contributed by atoms with Gasteiger partial charge in [0.1, 0.15) is 18.6 Å². The first-order valence-electron chi connectivity index (χ1n) is 24.0. The highest BCUT2D eigenvalue weighted by Crippen LogP contribution is 2.37. The fourth-order valence-corrected chi connectivity index (χ4v) is 9.95. The number of amides is 3. The van der Waals surface area contributed by atoms with Crippen LogP contribution in [0.4, 0.5) is 23.0 Å².